The number of benzene rings is 2. The number of anilines is 1. The van der Waals surface area contributed by atoms with Crippen LogP contribution >= 0.6 is 0 Å². The number of fused-ring (bicyclic) bond motifs is 3. The summed E-state index contributed by atoms with van der Waals surface area (Å²) in [5.41, 5.74) is 2.15. The molecule has 0 aliphatic carbocycles. The molecule has 0 saturated carbocycles. The molecule has 2 N–H and O–H groups in total. The Hall–Kier alpha value is -1.70. The average molecular weight is 213 g/mol. The molecule has 0 bridgehead atoms. The maximum absolute atomic E-state index is 10.1. The first-order valence-corrected chi connectivity index (χ1v) is 5.59. The van der Waals surface area contributed by atoms with E-state index in [4.69, 9.17) is 0 Å². The normalized spacial score (nSPS) is 17.1. The van der Waals surface area contributed by atoms with Crippen LogP contribution in [0.3, 0.4) is 0 Å². The van der Waals surface area contributed by atoms with Crippen molar-refractivity contribution in [2.24, 2.45) is 0 Å². The number of phenolic OH excluding ortho intramolecular Hbond substituents is 1. The molecule has 0 spiro atoms. The fourth-order valence-electron chi connectivity index (χ4n) is 2.60. The summed E-state index contributed by atoms with van der Waals surface area (Å²) in [6.07, 6.45) is 0. The molecule has 0 saturated heterocycles. The fourth-order valence-corrected chi connectivity index (χ4v) is 2.60. The Morgan fingerprint density at radius 3 is 2.81 bits per heavy atom. The van der Waals surface area contributed by atoms with E-state index in [-0.39, 0.29) is 5.41 Å². The van der Waals surface area contributed by atoms with Crippen LogP contribution in [0, 0.1) is 0 Å². The van der Waals surface area contributed by atoms with Gasteiger partial charge in [-0.05, 0) is 11.5 Å². The number of hydrogen-bond acceptors (Lipinski definition) is 2. The summed E-state index contributed by atoms with van der Waals surface area (Å²) >= 11 is 0. The first-order valence-electron chi connectivity index (χ1n) is 5.59. The molecule has 0 amide bonds. The van der Waals surface area contributed by atoms with Gasteiger partial charge in [0.05, 0.1) is 0 Å². The standard InChI is InChI=1S/C14H15NO/c1-14(2)8-15-13-10-6-4-3-5-9(10)7-11(16)12(13)14/h3-7,15-16H,8H2,1-2H3. The number of phenols is 1. The van der Waals surface area contributed by atoms with Crippen molar-refractivity contribution in [3.63, 3.8) is 0 Å². The largest absolute Gasteiger partial charge is 0.508 e. The highest BCUT2D eigenvalue weighted by atomic mass is 16.3. The molecule has 0 unspecified atom stereocenters. The molecule has 0 fully saturated rings. The zero-order valence-electron chi connectivity index (χ0n) is 9.54. The van der Waals surface area contributed by atoms with E-state index in [1.54, 1.807) is 0 Å². The van der Waals surface area contributed by atoms with E-state index >= 15 is 0 Å². The lowest BCUT2D eigenvalue weighted by Gasteiger charge is -2.18. The first kappa shape index (κ1) is 9.52. The number of nitrogens with one attached hydrogen (secondary N) is 1. The van der Waals surface area contributed by atoms with Gasteiger partial charge in [0.1, 0.15) is 5.75 Å². The van der Waals surface area contributed by atoms with Crippen LogP contribution in [0.15, 0.2) is 30.3 Å². The van der Waals surface area contributed by atoms with E-state index in [9.17, 15) is 5.11 Å². The van der Waals surface area contributed by atoms with Gasteiger partial charge in [0, 0.05) is 28.6 Å². The zero-order valence-corrected chi connectivity index (χ0v) is 9.54. The molecule has 2 nitrogen and oxygen atoms in total. The Labute approximate surface area is 94.9 Å². The van der Waals surface area contributed by atoms with Gasteiger partial charge >= 0.3 is 0 Å². The molecule has 82 valence electrons. The molecule has 3 rings (SSSR count). The van der Waals surface area contributed by atoms with E-state index in [1.165, 1.54) is 5.39 Å². The van der Waals surface area contributed by atoms with Crippen LogP contribution in [-0.4, -0.2) is 11.7 Å². The smallest absolute Gasteiger partial charge is 0.122 e. The molecule has 1 aliphatic rings. The SMILES string of the molecule is CC1(C)CNc2c1c(O)cc1ccccc21. The highest BCUT2D eigenvalue weighted by Crippen LogP contribution is 2.45. The van der Waals surface area contributed by atoms with Crippen molar-refractivity contribution < 1.29 is 5.11 Å². The van der Waals surface area contributed by atoms with Gasteiger partial charge in [-0.15, -0.1) is 0 Å². The third kappa shape index (κ3) is 1.13. The van der Waals surface area contributed by atoms with E-state index in [2.05, 4.69) is 25.2 Å². The van der Waals surface area contributed by atoms with Gasteiger partial charge in [-0.1, -0.05) is 38.1 Å². The third-order valence-corrected chi connectivity index (χ3v) is 3.41. The van der Waals surface area contributed by atoms with Crippen molar-refractivity contribution in [3.8, 4) is 5.75 Å². The second kappa shape index (κ2) is 2.91. The maximum atomic E-state index is 10.1. The highest BCUT2D eigenvalue weighted by Gasteiger charge is 2.33. The number of hydrogen-bond donors (Lipinski definition) is 2. The summed E-state index contributed by atoms with van der Waals surface area (Å²) in [6.45, 7) is 5.19. The molecular weight excluding hydrogens is 198 g/mol. The van der Waals surface area contributed by atoms with Gasteiger partial charge in [-0.2, -0.15) is 0 Å². The second-order valence-electron chi connectivity index (χ2n) is 5.10. The van der Waals surface area contributed by atoms with Crippen molar-refractivity contribution in [1.82, 2.24) is 0 Å². The summed E-state index contributed by atoms with van der Waals surface area (Å²) in [6, 6.07) is 10.0. The lowest BCUT2D eigenvalue weighted by atomic mass is 9.85. The number of aromatic hydroxyl groups is 1. The minimum absolute atomic E-state index is 0.00342. The molecule has 2 heteroatoms. The summed E-state index contributed by atoms with van der Waals surface area (Å²) in [7, 11) is 0. The summed E-state index contributed by atoms with van der Waals surface area (Å²) in [5, 5.41) is 15.8. The van der Waals surface area contributed by atoms with Crippen molar-refractivity contribution >= 4 is 16.5 Å². The molecule has 1 heterocycles. The molecule has 2 aromatic carbocycles. The second-order valence-corrected chi connectivity index (χ2v) is 5.10. The molecule has 0 aromatic heterocycles. The summed E-state index contributed by atoms with van der Waals surface area (Å²) in [5.74, 6) is 0.406. The Balaban J connectivity index is 2.44. The van der Waals surface area contributed by atoms with Crippen LogP contribution in [0.2, 0.25) is 0 Å². The Morgan fingerprint density at radius 2 is 2.00 bits per heavy atom. The van der Waals surface area contributed by atoms with Gasteiger partial charge in [-0.3, -0.25) is 0 Å². The first-order chi connectivity index (χ1) is 7.59. The van der Waals surface area contributed by atoms with E-state index in [1.807, 2.05) is 24.3 Å². The Bertz CT molecular complexity index is 572. The predicted octanol–water partition coefficient (Wildman–Crippen LogP) is 3.25. The molecule has 2 aromatic rings. The minimum atomic E-state index is 0.00342. The van der Waals surface area contributed by atoms with Crippen LogP contribution in [-0.2, 0) is 5.41 Å². The third-order valence-electron chi connectivity index (χ3n) is 3.41. The van der Waals surface area contributed by atoms with Crippen LogP contribution in [0.5, 0.6) is 5.75 Å². The monoisotopic (exact) mass is 213 g/mol. The van der Waals surface area contributed by atoms with Crippen molar-refractivity contribution in [1.29, 1.82) is 0 Å². The highest BCUT2D eigenvalue weighted by molar-refractivity contribution is 5.99. The Morgan fingerprint density at radius 1 is 1.25 bits per heavy atom. The van der Waals surface area contributed by atoms with E-state index in [0.29, 0.717) is 5.75 Å². The lowest BCUT2D eigenvalue weighted by Crippen LogP contribution is -2.19. The van der Waals surface area contributed by atoms with Gasteiger partial charge in [-0.25, -0.2) is 0 Å². The zero-order chi connectivity index (χ0) is 11.3. The van der Waals surface area contributed by atoms with Gasteiger partial charge in [0.15, 0.2) is 0 Å². The molecule has 0 atom stereocenters. The topological polar surface area (TPSA) is 32.3 Å². The lowest BCUT2D eigenvalue weighted by molar-refractivity contribution is 0.451. The molecule has 16 heavy (non-hydrogen) atoms. The summed E-state index contributed by atoms with van der Waals surface area (Å²) in [4.78, 5) is 0. The predicted molar refractivity (Wildman–Crippen MR) is 67.1 cm³/mol. The van der Waals surface area contributed by atoms with Gasteiger partial charge in [0.25, 0.3) is 0 Å². The molecule has 0 radical (unpaired) electrons. The van der Waals surface area contributed by atoms with Gasteiger partial charge < -0.3 is 10.4 Å². The summed E-state index contributed by atoms with van der Waals surface area (Å²) < 4.78 is 0. The van der Waals surface area contributed by atoms with Crippen LogP contribution in [0.25, 0.3) is 10.8 Å². The molecule has 1 aliphatic heterocycles. The van der Waals surface area contributed by atoms with E-state index < -0.39 is 0 Å². The van der Waals surface area contributed by atoms with Crippen molar-refractivity contribution in [3.05, 3.63) is 35.9 Å². The molecular formula is C14H15NO. The van der Waals surface area contributed by atoms with Crippen LogP contribution in [0.4, 0.5) is 5.69 Å². The fraction of sp³-hybridized carbons (Fsp3) is 0.286. The minimum Gasteiger partial charge on any atom is -0.508 e. The van der Waals surface area contributed by atoms with E-state index in [0.717, 1.165) is 23.2 Å². The maximum Gasteiger partial charge on any atom is 0.122 e. The van der Waals surface area contributed by atoms with Crippen molar-refractivity contribution in [2.75, 3.05) is 11.9 Å². The van der Waals surface area contributed by atoms with Crippen LogP contribution < -0.4 is 5.32 Å². The van der Waals surface area contributed by atoms with Crippen molar-refractivity contribution in [2.45, 2.75) is 19.3 Å². The average Bonchev–Trinajstić information content (AvgIpc) is 2.56. The number of rotatable bonds is 0. The Kier molecular flexibility index (Phi) is 1.73. The quantitative estimate of drug-likeness (QED) is 0.704. The van der Waals surface area contributed by atoms with Crippen LogP contribution in [0.1, 0.15) is 19.4 Å². The van der Waals surface area contributed by atoms with Gasteiger partial charge in [0.2, 0.25) is 0 Å².